The normalized spacial score (nSPS) is 11.3. The Kier molecular flexibility index (Phi) is 7.35. The Balaban J connectivity index is 1.96. The number of hydrogen-bond acceptors (Lipinski definition) is 5. The van der Waals surface area contributed by atoms with E-state index in [0.717, 1.165) is 0 Å². The summed E-state index contributed by atoms with van der Waals surface area (Å²) in [6.45, 7) is 5.64. The fourth-order valence-electron chi connectivity index (χ4n) is 2.37. The van der Waals surface area contributed by atoms with Gasteiger partial charge in [-0.2, -0.15) is 0 Å². The van der Waals surface area contributed by atoms with Crippen LogP contribution < -0.4 is 20.5 Å². The second-order valence-corrected chi connectivity index (χ2v) is 8.72. The van der Waals surface area contributed by atoms with Crippen LogP contribution in [0.4, 0.5) is 5.69 Å². The Morgan fingerprint density at radius 1 is 1.10 bits per heavy atom. The van der Waals surface area contributed by atoms with E-state index in [1.807, 2.05) is 13.8 Å². The van der Waals surface area contributed by atoms with E-state index in [0.29, 0.717) is 29.1 Å². The SMILES string of the molecule is Cc1cc(S(=O)(=O)NCC(C)C)ccc1OCC(=O)Nc1ccc(C(N)=O)cc1. The maximum Gasteiger partial charge on any atom is 0.262 e. The molecule has 0 unspecified atom stereocenters. The van der Waals surface area contributed by atoms with Crippen LogP contribution in [-0.2, 0) is 14.8 Å². The number of carbonyl (C=O) groups excluding carboxylic acids is 2. The molecule has 0 aliphatic heterocycles. The van der Waals surface area contributed by atoms with Crippen molar-refractivity contribution in [1.29, 1.82) is 0 Å². The number of benzene rings is 2. The van der Waals surface area contributed by atoms with Crippen LogP contribution in [-0.4, -0.2) is 33.4 Å². The number of anilines is 1. The fourth-order valence-corrected chi connectivity index (χ4v) is 3.67. The summed E-state index contributed by atoms with van der Waals surface area (Å²) in [6.07, 6.45) is 0. The highest BCUT2D eigenvalue weighted by molar-refractivity contribution is 7.89. The number of sulfonamides is 1. The third-order valence-electron chi connectivity index (χ3n) is 3.95. The van der Waals surface area contributed by atoms with Gasteiger partial charge >= 0.3 is 0 Å². The maximum atomic E-state index is 12.3. The molecule has 8 nitrogen and oxygen atoms in total. The molecule has 0 heterocycles. The first kappa shape index (κ1) is 22.4. The number of aryl methyl sites for hydroxylation is 1. The highest BCUT2D eigenvalue weighted by Gasteiger charge is 2.16. The van der Waals surface area contributed by atoms with Crippen molar-refractivity contribution in [2.24, 2.45) is 11.7 Å². The summed E-state index contributed by atoms with van der Waals surface area (Å²) in [5.41, 5.74) is 6.60. The molecule has 0 bridgehead atoms. The molecule has 4 N–H and O–H groups in total. The van der Waals surface area contributed by atoms with Gasteiger partial charge in [0.15, 0.2) is 6.61 Å². The van der Waals surface area contributed by atoms with Crippen molar-refractivity contribution in [3.63, 3.8) is 0 Å². The highest BCUT2D eigenvalue weighted by atomic mass is 32.2. The van der Waals surface area contributed by atoms with E-state index in [1.54, 1.807) is 19.1 Å². The number of amides is 2. The lowest BCUT2D eigenvalue weighted by atomic mass is 10.2. The zero-order chi connectivity index (χ0) is 21.6. The van der Waals surface area contributed by atoms with Gasteiger partial charge in [-0.3, -0.25) is 9.59 Å². The van der Waals surface area contributed by atoms with Crippen molar-refractivity contribution in [2.45, 2.75) is 25.7 Å². The third kappa shape index (κ3) is 6.58. The molecular weight excluding hydrogens is 394 g/mol. The molecule has 0 aliphatic rings. The van der Waals surface area contributed by atoms with Crippen LogP contribution in [0.25, 0.3) is 0 Å². The number of hydrogen-bond donors (Lipinski definition) is 3. The molecule has 0 saturated heterocycles. The van der Waals surface area contributed by atoms with Crippen LogP contribution in [0.1, 0.15) is 29.8 Å². The molecular formula is C20H25N3O5S. The Morgan fingerprint density at radius 2 is 1.76 bits per heavy atom. The molecule has 2 amide bonds. The van der Waals surface area contributed by atoms with Gasteiger partial charge in [0, 0.05) is 17.8 Å². The number of nitrogens with two attached hydrogens (primary N) is 1. The van der Waals surface area contributed by atoms with Gasteiger partial charge < -0.3 is 15.8 Å². The Bertz CT molecular complexity index is 986. The first-order valence-electron chi connectivity index (χ1n) is 9.01. The topological polar surface area (TPSA) is 128 Å². The summed E-state index contributed by atoms with van der Waals surface area (Å²) in [7, 11) is -3.59. The molecule has 2 aromatic carbocycles. The first-order chi connectivity index (χ1) is 13.6. The molecule has 2 aromatic rings. The van der Waals surface area contributed by atoms with Gasteiger partial charge in [-0.05, 0) is 60.9 Å². The summed E-state index contributed by atoms with van der Waals surface area (Å²) in [6, 6.07) is 10.6. The van der Waals surface area contributed by atoms with Crippen LogP contribution in [0.3, 0.4) is 0 Å². The molecule has 0 saturated carbocycles. The second kappa shape index (κ2) is 9.53. The summed E-state index contributed by atoms with van der Waals surface area (Å²) in [5.74, 6) is -0.343. The van der Waals surface area contributed by atoms with Crippen LogP contribution in [0.5, 0.6) is 5.75 Å². The molecule has 0 atom stereocenters. The van der Waals surface area contributed by atoms with E-state index in [4.69, 9.17) is 10.5 Å². The minimum Gasteiger partial charge on any atom is -0.483 e. The monoisotopic (exact) mass is 419 g/mol. The van der Waals surface area contributed by atoms with Gasteiger partial charge in [-0.15, -0.1) is 0 Å². The van der Waals surface area contributed by atoms with E-state index in [2.05, 4.69) is 10.0 Å². The average Bonchev–Trinajstić information content (AvgIpc) is 2.66. The summed E-state index contributed by atoms with van der Waals surface area (Å²) in [5, 5.41) is 2.64. The van der Waals surface area contributed by atoms with Gasteiger partial charge in [0.1, 0.15) is 5.75 Å². The van der Waals surface area contributed by atoms with E-state index >= 15 is 0 Å². The summed E-state index contributed by atoms with van der Waals surface area (Å²) < 4.78 is 32.6. The lowest BCUT2D eigenvalue weighted by molar-refractivity contribution is -0.118. The average molecular weight is 420 g/mol. The number of primary amides is 1. The highest BCUT2D eigenvalue weighted by Crippen LogP contribution is 2.22. The fraction of sp³-hybridized carbons (Fsp3) is 0.300. The van der Waals surface area contributed by atoms with Crippen molar-refractivity contribution < 1.29 is 22.7 Å². The molecule has 2 rings (SSSR count). The molecule has 0 spiro atoms. The summed E-state index contributed by atoms with van der Waals surface area (Å²) in [4.78, 5) is 23.2. The molecule has 29 heavy (non-hydrogen) atoms. The number of nitrogens with one attached hydrogen (secondary N) is 2. The van der Waals surface area contributed by atoms with E-state index < -0.39 is 21.8 Å². The molecule has 156 valence electrons. The Hall–Kier alpha value is -2.91. The zero-order valence-corrected chi connectivity index (χ0v) is 17.4. The maximum absolute atomic E-state index is 12.3. The molecule has 9 heteroatoms. The minimum absolute atomic E-state index is 0.141. The van der Waals surface area contributed by atoms with Gasteiger partial charge in [0.25, 0.3) is 5.91 Å². The lowest BCUT2D eigenvalue weighted by Gasteiger charge is -2.12. The molecule has 0 aliphatic carbocycles. The number of carbonyl (C=O) groups is 2. The van der Waals surface area contributed by atoms with Gasteiger partial charge in [-0.1, -0.05) is 13.8 Å². The number of rotatable bonds is 9. The third-order valence-corrected chi connectivity index (χ3v) is 5.37. The second-order valence-electron chi connectivity index (χ2n) is 6.95. The Morgan fingerprint density at radius 3 is 2.31 bits per heavy atom. The van der Waals surface area contributed by atoms with Crippen LogP contribution >= 0.6 is 0 Å². The minimum atomic E-state index is -3.59. The molecule has 0 aromatic heterocycles. The largest absolute Gasteiger partial charge is 0.483 e. The predicted octanol–water partition coefficient (Wildman–Crippen LogP) is 2.05. The van der Waals surface area contributed by atoms with Crippen LogP contribution in [0.15, 0.2) is 47.4 Å². The van der Waals surface area contributed by atoms with E-state index in [-0.39, 0.29) is 17.4 Å². The van der Waals surface area contributed by atoms with Gasteiger partial charge in [-0.25, -0.2) is 13.1 Å². The van der Waals surface area contributed by atoms with Crippen molar-refractivity contribution in [3.05, 3.63) is 53.6 Å². The smallest absolute Gasteiger partial charge is 0.262 e. The standard InChI is InChI=1S/C20H25N3O5S/c1-13(2)11-22-29(26,27)17-8-9-18(14(3)10-17)28-12-19(24)23-16-6-4-15(5-7-16)20(21)25/h4-10,13,22H,11-12H2,1-3H3,(H2,21,25)(H,23,24). The van der Waals surface area contributed by atoms with E-state index in [1.165, 1.54) is 30.3 Å². The van der Waals surface area contributed by atoms with Crippen molar-refractivity contribution in [2.75, 3.05) is 18.5 Å². The van der Waals surface area contributed by atoms with Crippen molar-refractivity contribution in [3.8, 4) is 5.75 Å². The summed E-state index contributed by atoms with van der Waals surface area (Å²) >= 11 is 0. The van der Waals surface area contributed by atoms with E-state index in [9.17, 15) is 18.0 Å². The van der Waals surface area contributed by atoms with Gasteiger partial charge in [0.05, 0.1) is 4.90 Å². The molecule has 0 fully saturated rings. The van der Waals surface area contributed by atoms with Gasteiger partial charge in [0.2, 0.25) is 15.9 Å². The van der Waals surface area contributed by atoms with Crippen molar-refractivity contribution >= 4 is 27.5 Å². The quantitative estimate of drug-likeness (QED) is 0.573. The number of ether oxygens (including phenoxy) is 1. The van der Waals surface area contributed by atoms with Crippen molar-refractivity contribution in [1.82, 2.24) is 4.72 Å². The first-order valence-corrected chi connectivity index (χ1v) is 10.5. The van der Waals surface area contributed by atoms with Crippen LogP contribution in [0, 0.1) is 12.8 Å². The molecule has 0 radical (unpaired) electrons. The van der Waals surface area contributed by atoms with Crippen LogP contribution in [0.2, 0.25) is 0 Å². The predicted molar refractivity (Wildman–Crippen MR) is 110 cm³/mol. The zero-order valence-electron chi connectivity index (χ0n) is 16.6. The Labute approximate surface area is 170 Å². The lowest BCUT2D eigenvalue weighted by Crippen LogP contribution is -2.27.